The van der Waals surface area contributed by atoms with Gasteiger partial charge < -0.3 is 9.30 Å². The number of ether oxygens (including phenoxy) is 1. The van der Waals surface area contributed by atoms with Gasteiger partial charge in [0, 0.05) is 30.2 Å². The van der Waals surface area contributed by atoms with Crippen LogP contribution in [0.5, 0.6) is 5.75 Å². The van der Waals surface area contributed by atoms with E-state index in [0.29, 0.717) is 5.56 Å². The largest absolute Gasteiger partial charge is 0.493 e. The Bertz CT molecular complexity index is 777. The summed E-state index contributed by atoms with van der Waals surface area (Å²) in [5.74, 6) is 0.797. The predicted molar refractivity (Wildman–Crippen MR) is 92.7 cm³/mol. The molecule has 24 heavy (non-hydrogen) atoms. The van der Waals surface area contributed by atoms with Crippen LogP contribution >= 0.6 is 0 Å². The van der Waals surface area contributed by atoms with Crippen molar-refractivity contribution in [2.24, 2.45) is 0 Å². The summed E-state index contributed by atoms with van der Waals surface area (Å²) in [6, 6.07) is 8.04. The van der Waals surface area contributed by atoms with E-state index in [9.17, 15) is 4.79 Å². The molecule has 5 heteroatoms. The standard InChI is InChI=1S/C19H24N2O3/c1-13-15(18(22)20(4)23-5)8-10-21(13)14-6-7-17-16(12-14)19(2,3)9-11-24-17/h6-8,10,12H,9,11H2,1-5H3. The molecule has 0 radical (unpaired) electrons. The number of aromatic nitrogens is 1. The maximum absolute atomic E-state index is 12.3. The van der Waals surface area contributed by atoms with Crippen molar-refractivity contribution >= 4 is 5.91 Å². The second-order valence-electron chi connectivity index (χ2n) is 6.83. The van der Waals surface area contributed by atoms with E-state index in [1.54, 1.807) is 7.05 Å². The lowest BCUT2D eigenvalue weighted by atomic mass is 9.79. The van der Waals surface area contributed by atoms with E-state index >= 15 is 0 Å². The number of carbonyl (C=O) groups is 1. The number of hydrogen-bond acceptors (Lipinski definition) is 3. The van der Waals surface area contributed by atoms with Gasteiger partial charge in [0.05, 0.1) is 19.3 Å². The lowest BCUT2D eigenvalue weighted by molar-refractivity contribution is -0.0757. The summed E-state index contributed by atoms with van der Waals surface area (Å²) in [6.45, 7) is 7.17. The van der Waals surface area contributed by atoms with Crippen LogP contribution < -0.4 is 4.74 Å². The van der Waals surface area contributed by atoms with Crippen LogP contribution in [0, 0.1) is 6.92 Å². The van der Waals surface area contributed by atoms with Crippen LogP contribution in [-0.2, 0) is 10.3 Å². The van der Waals surface area contributed by atoms with E-state index in [2.05, 4.69) is 19.9 Å². The van der Waals surface area contributed by atoms with Crippen LogP contribution in [-0.4, -0.2) is 36.3 Å². The van der Waals surface area contributed by atoms with Gasteiger partial charge >= 0.3 is 0 Å². The Morgan fingerprint density at radius 1 is 1.33 bits per heavy atom. The number of hydroxylamine groups is 2. The summed E-state index contributed by atoms with van der Waals surface area (Å²) >= 11 is 0. The molecule has 3 rings (SSSR count). The first-order valence-electron chi connectivity index (χ1n) is 8.13. The van der Waals surface area contributed by atoms with Gasteiger partial charge in [0.15, 0.2) is 0 Å². The molecule has 0 saturated carbocycles. The zero-order chi connectivity index (χ0) is 17.5. The molecular weight excluding hydrogens is 304 g/mol. The van der Waals surface area contributed by atoms with Crippen LogP contribution in [0.15, 0.2) is 30.5 Å². The molecule has 0 spiro atoms. The fraction of sp³-hybridized carbons (Fsp3) is 0.421. The minimum atomic E-state index is -0.157. The van der Waals surface area contributed by atoms with Crippen molar-refractivity contribution in [2.75, 3.05) is 20.8 Å². The summed E-state index contributed by atoms with van der Waals surface area (Å²) in [5, 5.41) is 1.23. The molecule has 1 aromatic carbocycles. The van der Waals surface area contributed by atoms with Crippen molar-refractivity contribution in [1.82, 2.24) is 9.63 Å². The summed E-state index contributed by atoms with van der Waals surface area (Å²) in [4.78, 5) is 17.3. The van der Waals surface area contributed by atoms with E-state index in [1.165, 1.54) is 17.7 Å². The maximum Gasteiger partial charge on any atom is 0.278 e. The van der Waals surface area contributed by atoms with Gasteiger partial charge in [-0.15, -0.1) is 0 Å². The van der Waals surface area contributed by atoms with Gasteiger partial charge in [0.1, 0.15) is 5.75 Å². The van der Waals surface area contributed by atoms with Gasteiger partial charge in [0.2, 0.25) is 0 Å². The van der Waals surface area contributed by atoms with Crippen LogP contribution in [0.25, 0.3) is 5.69 Å². The molecule has 0 saturated heterocycles. The van der Waals surface area contributed by atoms with Crippen molar-refractivity contribution in [3.63, 3.8) is 0 Å². The summed E-state index contributed by atoms with van der Waals surface area (Å²) in [6.07, 6.45) is 2.92. The molecule has 2 heterocycles. The van der Waals surface area contributed by atoms with Gasteiger partial charge in [-0.3, -0.25) is 9.63 Å². The van der Waals surface area contributed by atoms with Gasteiger partial charge in [-0.2, -0.15) is 0 Å². The van der Waals surface area contributed by atoms with Crippen molar-refractivity contribution < 1.29 is 14.4 Å². The van der Waals surface area contributed by atoms with Crippen molar-refractivity contribution in [1.29, 1.82) is 0 Å². The van der Waals surface area contributed by atoms with Crippen LogP contribution in [0.2, 0.25) is 0 Å². The highest BCUT2D eigenvalue weighted by Gasteiger charge is 2.29. The Kier molecular flexibility index (Phi) is 4.13. The second kappa shape index (κ2) is 5.98. The Labute approximate surface area is 142 Å². The topological polar surface area (TPSA) is 43.7 Å². The fourth-order valence-corrected chi connectivity index (χ4v) is 3.14. The molecule has 1 amide bonds. The Morgan fingerprint density at radius 2 is 2.08 bits per heavy atom. The average molecular weight is 328 g/mol. The van der Waals surface area contributed by atoms with Crippen molar-refractivity contribution in [3.05, 3.63) is 47.3 Å². The van der Waals surface area contributed by atoms with E-state index in [1.807, 2.05) is 35.9 Å². The summed E-state index contributed by atoms with van der Waals surface area (Å²) in [7, 11) is 3.09. The Hall–Kier alpha value is -2.27. The molecule has 0 bridgehead atoms. The third-order valence-electron chi connectivity index (χ3n) is 4.89. The van der Waals surface area contributed by atoms with Crippen LogP contribution in [0.1, 0.15) is 41.9 Å². The van der Waals surface area contributed by atoms with Gasteiger partial charge in [-0.25, -0.2) is 5.06 Å². The Morgan fingerprint density at radius 3 is 2.79 bits per heavy atom. The molecular formula is C19H24N2O3. The fourth-order valence-electron chi connectivity index (χ4n) is 3.14. The zero-order valence-electron chi connectivity index (χ0n) is 14.9. The third-order valence-corrected chi connectivity index (χ3v) is 4.89. The smallest absolute Gasteiger partial charge is 0.278 e. The number of hydrogen-bond donors (Lipinski definition) is 0. The van der Waals surface area contributed by atoms with E-state index < -0.39 is 0 Å². The highest BCUT2D eigenvalue weighted by Crippen LogP contribution is 2.39. The summed E-state index contributed by atoms with van der Waals surface area (Å²) in [5.41, 5.74) is 3.84. The van der Waals surface area contributed by atoms with E-state index in [-0.39, 0.29) is 11.3 Å². The summed E-state index contributed by atoms with van der Waals surface area (Å²) < 4.78 is 7.81. The predicted octanol–water partition coefficient (Wildman–Crippen LogP) is 3.48. The second-order valence-corrected chi connectivity index (χ2v) is 6.83. The molecule has 0 fully saturated rings. The van der Waals surface area contributed by atoms with Gasteiger partial charge in [-0.05, 0) is 43.0 Å². The van der Waals surface area contributed by atoms with Gasteiger partial charge in [0.25, 0.3) is 5.91 Å². The van der Waals surface area contributed by atoms with E-state index in [4.69, 9.17) is 9.57 Å². The molecule has 128 valence electrons. The van der Waals surface area contributed by atoms with Crippen LogP contribution in [0.4, 0.5) is 0 Å². The molecule has 5 nitrogen and oxygen atoms in total. The number of fused-ring (bicyclic) bond motifs is 1. The molecule has 0 atom stereocenters. The molecule has 0 unspecified atom stereocenters. The molecule has 1 aromatic heterocycles. The van der Waals surface area contributed by atoms with Gasteiger partial charge in [-0.1, -0.05) is 13.8 Å². The molecule has 2 aromatic rings. The first-order chi connectivity index (χ1) is 11.3. The number of benzene rings is 1. The third kappa shape index (κ3) is 2.69. The molecule has 0 aliphatic carbocycles. The quantitative estimate of drug-likeness (QED) is 0.810. The van der Waals surface area contributed by atoms with E-state index in [0.717, 1.165) is 30.2 Å². The molecule has 1 aliphatic heterocycles. The number of rotatable bonds is 3. The zero-order valence-corrected chi connectivity index (χ0v) is 14.9. The highest BCUT2D eigenvalue weighted by atomic mass is 16.7. The first-order valence-corrected chi connectivity index (χ1v) is 8.13. The molecule has 1 aliphatic rings. The lowest BCUT2D eigenvalue weighted by Gasteiger charge is -2.32. The number of carbonyl (C=O) groups excluding carboxylic acids is 1. The first kappa shape index (κ1) is 16.6. The minimum absolute atomic E-state index is 0.0829. The normalized spacial score (nSPS) is 15.5. The molecule has 0 N–H and O–H groups in total. The lowest BCUT2D eigenvalue weighted by Crippen LogP contribution is -2.27. The average Bonchev–Trinajstić information content (AvgIpc) is 2.94. The SMILES string of the molecule is CON(C)C(=O)c1ccn(-c2ccc3c(c2)C(C)(C)CCO3)c1C. The Balaban J connectivity index is 2.02. The number of amides is 1. The van der Waals surface area contributed by atoms with Crippen molar-refractivity contribution in [2.45, 2.75) is 32.6 Å². The number of nitrogens with zero attached hydrogens (tertiary/aromatic N) is 2. The van der Waals surface area contributed by atoms with Crippen molar-refractivity contribution in [3.8, 4) is 11.4 Å². The monoisotopic (exact) mass is 328 g/mol. The van der Waals surface area contributed by atoms with Crippen LogP contribution in [0.3, 0.4) is 0 Å². The highest BCUT2D eigenvalue weighted by molar-refractivity contribution is 5.94. The minimum Gasteiger partial charge on any atom is -0.493 e. The maximum atomic E-state index is 12.3.